The molecule has 1 aliphatic rings. The van der Waals surface area contributed by atoms with Crippen molar-refractivity contribution in [3.63, 3.8) is 0 Å². The third kappa shape index (κ3) is 9.22. The van der Waals surface area contributed by atoms with E-state index in [4.69, 9.17) is 9.90 Å². The van der Waals surface area contributed by atoms with Gasteiger partial charge in [0.05, 0.1) is 12.7 Å². The molecule has 3 heteroatoms. The van der Waals surface area contributed by atoms with Crippen molar-refractivity contribution in [2.45, 2.75) is 40.0 Å². The maximum Gasteiger partial charge on any atom is 0.102 e. The molecule has 1 atom stereocenters. The fourth-order valence-electron chi connectivity index (χ4n) is 1.36. The van der Waals surface area contributed by atoms with E-state index in [1.54, 1.807) is 0 Å². The van der Waals surface area contributed by atoms with Gasteiger partial charge in [-0.05, 0) is 32.8 Å². The normalized spacial score (nSPS) is 18.1. The SMILES string of the molecule is CC(=O)[O-].CCCCC[NH+]1C=CC(C)=C1. The van der Waals surface area contributed by atoms with E-state index >= 15 is 0 Å². The molecule has 0 bridgehead atoms. The summed E-state index contributed by atoms with van der Waals surface area (Å²) in [6, 6.07) is 0. The summed E-state index contributed by atoms with van der Waals surface area (Å²) in [5.41, 5.74) is 1.40. The highest BCUT2D eigenvalue weighted by atomic mass is 16.4. The number of quaternary nitrogens is 1. The molecule has 1 unspecified atom stereocenters. The van der Waals surface area contributed by atoms with E-state index in [0.717, 1.165) is 6.92 Å². The molecule has 0 amide bonds. The molecule has 86 valence electrons. The predicted octanol–water partition coefficient (Wildman–Crippen LogP) is 0.249. The molecule has 0 aromatic carbocycles. The first kappa shape index (κ1) is 13.9. The van der Waals surface area contributed by atoms with Crippen LogP contribution >= 0.6 is 0 Å². The molecule has 1 N–H and O–H groups in total. The molecule has 15 heavy (non-hydrogen) atoms. The zero-order valence-electron chi connectivity index (χ0n) is 9.88. The van der Waals surface area contributed by atoms with Crippen LogP contribution in [0.1, 0.15) is 40.0 Å². The quantitative estimate of drug-likeness (QED) is 0.677. The number of allylic oxidation sites excluding steroid dienone is 2. The number of carbonyl (C=O) groups is 1. The van der Waals surface area contributed by atoms with Crippen LogP contribution in [0.2, 0.25) is 0 Å². The first-order valence-electron chi connectivity index (χ1n) is 5.46. The van der Waals surface area contributed by atoms with Gasteiger partial charge in [-0.3, -0.25) is 4.90 Å². The van der Waals surface area contributed by atoms with Crippen molar-refractivity contribution in [2.24, 2.45) is 0 Å². The van der Waals surface area contributed by atoms with Crippen molar-refractivity contribution in [1.82, 2.24) is 0 Å². The van der Waals surface area contributed by atoms with Gasteiger partial charge >= 0.3 is 0 Å². The van der Waals surface area contributed by atoms with Crippen LogP contribution in [-0.4, -0.2) is 12.5 Å². The van der Waals surface area contributed by atoms with E-state index in [2.05, 4.69) is 32.3 Å². The van der Waals surface area contributed by atoms with Gasteiger partial charge in [-0.15, -0.1) is 0 Å². The standard InChI is InChI=1S/C10H17N.C2H4O2/c1-3-4-5-7-11-8-6-10(2)9-11;1-2(3)4/h6,8-9H,3-5,7H2,1-2H3;1H3,(H,3,4). The number of hydrogen-bond acceptors (Lipinski definition) is 2. The summed E-state index contributed by atoms with van der Waals surface area (Å²) in [6.07, 6.45) is 10.8. The zero-order chi connectivity index (χ0) is 11.7. The molecular formula is C12H21NO2. The van der Waals surface area contributed by atoms with Gasteiger partial charge in [-0.2, -0.15) is 0 Å². The fourth-order valence-corrected chi connectivity index (χ4v) is 1.36. The highest BCUT2D eigenvalue weighted by molar-refractivity contribution is 5.60. The van der Waals surface area contributed by atoms with Crippen molar-refractivity contribution in [3.05, 3.63) is 24.0 Å². The Kier molecular flexibility index (Phi) is 7.64. The lowest BCUT2D eigenvalue weighted by Gasteiger charge is -2.04. The van der Waals surface area contributed by atoms with Gasteiger partial charge in [0.25, 0.3) is 0 Å². The largest absolute Gasteiger partial charge is 0.550 e. The van der Waals surface area contributed by atoms with Crippen LogP contribution in [0.3, 0.4) is 0 Å². The molecule has 1 rings (SSSR count). The minimum absolute atomic E-state index is 0.972. The van der Waals surface area contributed by atoms with Gasteiger partial charge in [0.15, 0.2) is 0 Å². The highest BCUT2D eigenvalue weighted by Crippen LogP contribution is 1.95. The van der Waals surface area contributed by atoms with Crippen molar-refractivity contribution in [3.8, 4) is 0 Å². The van der Waals surface area contributed by atoms with Gasteiger partial charge < -0.3 is 9.90 Å². The molecule has 0 saturated carbocycles. The number of nitrogens with one attached hydrogen (secondary N) is 1. The van der Waals surface area contributed by atoms with Crippen molar-refractivity contribution < 1.29 is 14.8 Å². The minimum atomic E-state index is -1.08. The Bertz CT molecular complexity index is 240. The van der Waals surface area contributed by atoms with Crippen molar-refractivity contribution in [2.75, 3.05) is 6.54 Å². The highest BCUT2D eigenvalue weighted by Gasteiger charge is 2.06. The summed E-state index contributed by atoms with van der Waals surface area (Å²) in [4.78, 5) is 10.4. The van der Waals surface area contributed by atoms with Gasteiger partial charge in [-0.25, -0.2) is 0 Å². The zero-order valence-corrected chi connectivity index (χ0v) is 9.88. The maximum atomic E-state index is 8.89. The van der Waals surface area contributed by atoms with Gasteiger partial charge in [0.1, 0.15) is 6.20 Å². The van der Waals surface area contributed by atoms with Gasteiger partial charge in [-0.1, -0.05) is 13.3 Å². The Labute approximate surface area is 92.1 Å². The van der Waals surface area contributed by atoms with E-state index in [9.17, 15) is 0 Å². The monoisotopic (exact) mass is 211 g/mol. The molecule has 0 saturated heterocycles. The van der Waals surface area contributed by atoms with Gasteiger partial charge in [0.2, 0.25) is 0 Å². The molecular weight excluding hydrogens is 190 g/mol. The van der Waals surface area contributed by atoms with E-state index < -0.39 is 5.97 Å². The van der Waals surface area contributed by atoms with E-state index in [1.807, 2.05) is 0 Å². The molecule has 0 aromatic rings. The number of carbonyl (C=O) groups excluding carboxylic acids is 1. The topological polar surface area (TPSA) is 44.6 Å². The van der Waals surface area contributed by atoms with E-state index in [-0.39, 0.29) is 0 Å². The Balaban J connectivity index is 0.000000423. The lowest BCUT2D eigenvalue weighted by molar-refractivity contribution is -0.788. The van der Waals surface area contributed by atoms with Gasteiger partial charge in [0, 0.05) is 11.5 Å². The summed E-state index contributed by atoms with van der Waals surface area (Å²) in [5, 5.41) is 8.89. The summed E-state index contributed by atoms with van der Waals surface area (Å²) >= 11 is 0. The first-order valence-corrected chi connectivity index (χ1v) is 5.46. The number of rotatable bonds is 4. The molecule has 0 aromatic heterocycles. The first-order chi connectivity index (χ1) is 7.06. The van der Waals surface area contributed by atoms with Crippen molar-refractivity contribution >= 4 is 5.97 Å². The number of carboxylic acid groups (broad SMARTS) is 1. The van der Waals surface area contributed by atoms with E-state index in [1.165, 1.54) is 36.3 Å². The third-order valence-corrected chi connectivity index (χ3v) is 2.04. The minimum Gasteiger partial charge on any atom is -0.550 e. The lowest BCUT2D eigenvalue weighted by atomic mass is 10.2. The van der Waals surface area contributed by atoms with Crippen LogP contribution < -0.4 is 10.0 Å². The molecule has 3 nitrogen and oxygen atoms in total. The molecule has 0 spiro atoms. The summed E-state index contributed by atoms with van der Waals surface area (Å²) in [6.45, 7) is 6.64. The summed E-state index contributed by atoms with van der Waals surface area (Å²) in [7, 11) is 0. The van der Waals surface area contributed by atoms with E-state index in [0.29, 0.717) is 0 Å². The number of carboxylic acids is 1. The lowest BCUT2D eigenvalue weighted by Crippen LogP contribution is -3.01. The summed E-state index contributed by atoms with van der Waals surface area (Å²) in [5.74, 6) is -1.08. The Hall–Kier alpha value is -1.09. The Morgan fingerprint density at radius 1 is 1.47 bits per heavy atom. The van der Waals surface area contributed by atoms with Crippen LogP contribution in [0, 0.1) is 0 Å². The molecule has 0 fully saturated rings. The molecule has 0 radical (unpaired) electrons. The van der Waals surface area contributed by atoms with Crippen molar-refractivity contribution in [1.29, 1.82) is 0 Å². The molecule has 0 aliphatic carbocycles. The molecule has 1 aliphatic heterocycles. The number of hydrogen-bond donors (Lipinski definition) is 1. The second-order valence-electron chi connectivity index (χ2n) is 3.75. The average Bonchev–Trinajstić information content (AvgIpc) is 2.51. The molecule has 1 heterocycles. The third-order valence-electron chi connectivity index (χ3n) is 2.04. The Morgan fingerprint density at radius 2 is 2.07 bits per heavy atom. The Morgan fingerprint density at radius 3 is 2.47 bits per heavy atom. The van der Waals surface area contributed by atoms with Crippen LogP contribution in [0.5, 0.6) is 0 Å². The number of aliphatic carboxylic acids is 1. The van der Waals surface area contributed by atoms with Crippen LogP contribution in [0.25, 0.3) is 0 Å². The predicted molar refractivity (Wildman–Crippen MR) is 58.9 cm³/mol. The van der Waals surface area contributed by atoms with Crippen LogP contribution in [0.4, 0.5) is 0 Å². The average molecular weight is 211 g/mol. The second-order valence-corrected chi connectivity index (χ2v) is 3.75. The maximum absolute atomic E-state index is 8.89. The smallest absolute Gasteiger partial charge is 0.102 e. The summed E-state index contributed by atoms with van der Waals surface area (Å²) < 4.78 is 0. The number of unbranched alkanes of at least 4 members (excludes halogenated alkanes) is 2. The fraction of sp³-hybridized carbons (Fsp3) is 0.583. The van der Waals surface area contributed by atoms with Crippen LogP contribution in [0.15, 0.2) is 24.0 Å². The van der Waals surface area contributed by atoms with Crippen LogP contribution in [-0.2, 0) is 4.79 Å². The second kappa shape index (κ2) is 8.24.